The molecule has 4 nitrogen and oxygen atoms in total. The number of rotatable bonds is 2. The zero-order valence-electron chi connectivity index (χ0n) is 10.6. The monoisotopic (exact) mass is 242 g/mol. The Morgan fingerprint density at radius 2 is 1.89 bits per heavy atom. The predicted molar refractivity (Wildman–Crippen MR) is 74.5 cm³/mol. The van der Waals surface area contributed by atoms with Crippen LogP contribution >= 0.6 is 0 Å². The van der Waals surface area contributed by atoms with Gasteiger partial charge < -0.3 is 10.6 Å². The van der Waals surface area contributed by atoms with Gasteiger partial charge in [-0.05, 0) is 18.9 Å². The molecule has 0 aliphatic carbocycles. The van der Waals surface area contributed by atoms with Crippen LogP contribution in [-0.2, 0) is 7.05 Å². The molecule has 4 heteroatoms. The van der Waals surface area contributed by atoms with Gasteiger partial charge in [0.1, 0.15) is 0 Å². The number of benzene rings is 1. The van der Waals surface area contributed by atoms with Gasteiger partial charge >= 0.3 is 0 Å². The normalized spacial score (nSPS) is 15.3. The number of anilines is 2. The molecular formula is C14H18N4. The Morgan fingerprint density at radius 3 is 2.56 bits per heavy atom. The first-order valence-corrected chi connectivity index (χ1v) is 6.39. The molecule has 0 bridgehead atoms. The molecule has 2 heterocycles. The summed E-state index contributed by atoms with van der Waals surface area (Å²) in [4.78, 5) is 2.43. The molecule has 0 saturated carbocycles. The maximum atomic E-state index is 6.04. The van der Waals surface area contributed by atoms with Crippen molar-refractivity contribution in [1.29, 1.82) is 0 Å². The zero-order valence-corrected chi connectivity index (χ0v) is 10.6. The van der Waals surface area contributed by atoms with Crippen molar-refractivity contribution < 1.29 is 0 Å². The van der Waals surface area contributed by atoms with Gasteiger partial charge in [-0.15, -0.1) is 0 Å². The van der Waals surface area contributed by atoms with Gasteiger partial charge in [-0.25, -0.2) is 0 Å². The molecule has 1 fully saturated rings. The van der Waals surface area contributed by atoms with E-state index in [0.717, 1.165) is 24.5 Å². The van der Waals surface area contributed by atoms with Crippen LogP contribution in [-0.4, -0.2) is 22.9 Å². The SMILES string of the molecule is Cn1ncc(N)c1-c1ccccc1N1CCCC1. The molecule has 0 spiro atoms. The predicted octanol–water partition coefficient (Wildman–Crippen LogP) is 2.27. The maximum Gasteiger partial charge on any atom is 0.0929 e. The number of para-hydroxylation sites is 1. The summed E-state index contributed by atoms with van der Waals surface area (Å²) < 4.78 is 1.85. The molecule has 0 unspecified atom stereocenters. The molecule has 1 aliphatic heterocycles. The maximum absolute atomic E-state index is 6.04. The summed E-state index contributed by atoms with van der Waals surface area (Å²) in [5.41, 5.74) is 10.2. The number of aryl methyl sites for hydroxylation is 1. The van der Waals surface area contributed by atoms with Gasteiger partial charge in [0.05, 0.1) is 17.6 Å². The van der Waals surface area contributed by atoms with Crippen LogP contribution in [0.3, 0.4) is 0 Å². The summed E-state index contributed by atoms with van der Waals surface area (Å²) in [6, 6.07) is 8.44. The first-order chi connectivity index (χ1) is 8.77. The van der Waals surface area contributed by atoms with E-state index in [4.69, 9.17) is 5.73 Å². The highest BCUT2D eigenvalue weighted by atomic mass is 15.3. The minimum Gasteiger partial charge on any atom is -0.396 e. The summed E-state index contributed by atoms with van der Waals surface area (Å²) >= 11 is 0. The molecule has 1 aromatic heterocycles. The van der Waals surface area contributed by atoms with Gasteiger partial charge in [-0.2, -0.15) is 5.10 Å². The second-order valence-electron chi connectivity index (χ2n) is 4.78. The van der Waals surface area contributed by atoms with E-state index in [9.17, 15) is 0 Å². The second-order valence-corrected chi connectivity index (χ2v) is 4.78. The molecule has 3 rings (SSSR count). The molecule has 0 atom stereocenters. The lowest BCUT2D eigenvalue weighted by Gasteiger charge is -2.21. The summed E-state index contributed by atoms with van der Waals surface area (Å²) in [6.07, 6.45) is 4.26. The van der Waals surface area contributed by atoms with Gasteiger partial charge in [0.25, 0.3) is 0 Å². The molecule has 94 valence electrons. The third kappa shape index (κ3) is 1.74. The van der Waals surface area contributed by atoms with Crippen LogP contribution in [0.25, 0.3) is 11.3 Å². The van der Waals surface area contributed by atoms with Crippen LogP contribution < -0.4 is 10.6 Å². The highest BCUT2D eigenvalue weighted by Crippen LogP contribution is 2.35. The van der Waals surface area contributed by atoms with Crippen molar-refractivity contribution in [2.45, 2.75) is 12.8 Å². The van der Waals surface area contributed by atoms with E-state index in [1.807, 2.05) is 11.7 Å². The molecule has 18 heavy (non-hydrogen) atoms. The van der Waals surface area contributed by atoms with Crippen molar-refractivity contribution in [2.75, 3.05) is 23.7 Å². The highest BCUT2D eigenvalue weighted by molar-refractivity contribution is 5.83. The lowest BCUT2D eigenvalue weighted by Crippen LogP contribution is -2.18. The van der Waals surface area contributed by atoms with Crippen molar-refractivity contribution in [3.05, 3.63) is 30.5 Å². The summed E-state index contributed by atoms with van der Waals surface area (Å²) in [7, 11) is 1.94. The van der Waals surface area contributed by atoms with Crippen molar-refractivity contribution >= 4 is 11.4 Å². The van der Waals surface area contributed by atoms with E-state index in [0.29, 0.717) is 0 Å². The minimum atomic E-state index is 0.740. The number of aromatic nitrogens is 2. The minimum absolute atomic E-state index is 0.740. The van der Waals surface area contributed by atoms with Crippen molar-refractivity contribution in [3.63, 3.8) is 0 Å². The highest BCUT2D eigenvalue weighted by Gasteiger charge is 2.18. The molecular weight excluding hydrogens is 224 g/mol. The Morgan fingerprint density at radius 1 is 1.17 bits per heavy atom. The van der Waals surface area contributed by atoms with E-state index in [-0.39, 0.29) is 0 Å². The Labute approximate surface area is 107 Å². The molecule has 0 amide bonds. The van der Waals surface area contributed by atoms with Gasteiger partial charge in [0.15, 0.2) is 0 Å². The van der Waals surface area contributed by atoms with Crippen LogP contribution in [0, 0.1) is 0 Å². The summed E-state index contributed by atoms with van der Waals surface area (Å²) in [5, 5.41) is 4.23. The standard InChI is InChI=1S/C14H18N4/c1-17-14(12(15)10-16-17)11-6-2-3-7-13(11)18-8-4-5-9-18/h2-3,6-7,10H,4-5,8-9,15H2,1H3. The molecule has 1 aliphatic rings. The Hall–Kier alpha value is -1.97. The number of nitrogens with two attached hydrogens (primary N) is 1. The fraction of sp³-hybridized carbons (Fsp3) is 0.357. The van der Waals surface area contributed by atoms with Gasteiger partial charge in [-0.1, -0.05) is 18.2 Å². The smallest absolute Gasteiger partial charge is 0.0929 e. The average molecular weight is 242 g/mol. The van der Waals surface area contributed by atoms with Gasteiger partial charge in [0.2, 0.25) is 0 Å². The first kappa shape index (κ1) is 11.1. The summed E-state index contributed by atoms with van der Waals surface area (Å²) in [5.74, 6) is 0. The third-order valence-electron chi connectivity index (χ3n) is 3.57. The van der Waals surface area contributed by atoms with E-state index >= 15 is 0 Å². The van der Waals surface area contributed by atoms with Crippen molar-refractivity contribution in [2.24, 2.45) is 7.05 Å². The van der Waals surface area contributed by atoms with Crippen LogP contribution in [0.5, 0.6) is 0 Å². The molecule has 1 aromatic carbocycles. The van der Waals surface area contributed by atoms with E-state index in [2.05, 4.69) is 34.3 Å². The van der Waals surface area contributed by atoms with E-state index in [1.54, 1.807) is 6.20 Å². The van der Waals surface area contributed by atoms with Gasteiger partial charge in [0, 0.05) is 31.4 Å². The Kier molecular flexibility index (Phi) is 2.70. The lowest BCUT2D eigenvalue weighted by atomic mass is 10.1. The Balaban J connectivity index is 2.12. The van der Waals surface area contributed by atoms with Gasteiger partial charge in [-0.3, -0.25) is 4.68 Å². The molecule has 1 saturated heterocycles. The molecule has 2 N–H and O–H groups in total. The topological polar surface area (TPSA) is 47.1 Å². The fourth-order valence-corrected chi connectivity index (χ4v) is 2.69. The van der Waals surface area contributed by atoms with Crippen LogP contribution in [0.2, 0.25) is 0 Å². The molecule has 0 radical (unpaired) electrons. The lowest BCUT2D eigenvalue weighted by molar-refractivity contribution is 0.775. The number of hydrogen-bond donors (Lipinski definition) is 1. The second kappa shape index (κ2) is 4.37. The van der Waals surface area contributed by atoms with Crippen LogP contribution in [0.15, 0.2) is 30.5 Å². The quantitative estimate of drug-likeness (QED) is 0.878. The number of nitrogens with zero attached hydrogens (tertiary/aromatic N) is 3. The first-order valence-electron chi connectivity index (χ1n) is 6.39. The third-order valence-corrected chi connectivity index (χ3v) is 3.57. The fourth-order valence-electron chi connectivity index (χ4n) is 2.69. The van der Waals surface area contributed by atoms with E-state index < -0.39 is 0 Å². The van der Waals surface area contributed by atoms with Crippen LogP contribution in [0.4, 0.5) is 11.4 Å². The number of nitrogen functional groups attached to an aromatic ring is 1. The largest absolute Gasteiger partial charge is 0.396 e. The number of hydrogen-bond acceptors (Lipinski definition) is 3. The average Bonchev–Trinajstić information content (AvgIpc) is 3.00. The van der Waals surface area contributed by atoms with Crippen LogP contribution in [0.1, 0.15) is 12.8 Å². The van der Waals surface area contributed by atoms with E-state index in [1.165, 1.54) is 24.1 Å². The van der Waals surface area contributed by atoms with Crippen molar-refractivity contribution in [1.82, 2.24) is 9.78 Å². The molecule has 2 aromatic rings. The summed E-state index contributed by atoms with van der Waals surface area (Å²) in [6.45, 7) is 2.27. The van der Waals surface area contributed by atoms with Crippen molar-refractivity contribution in [3.8, 4) is 11.3 Å². The Bertz CT molecular complexity index is 533. The zero-order chi connectivity index (χ0) is 12.5.